The monoisotopic (exact) mass is 437 g/mol. The van der Waals surface area contributed by atoms with Crippen LogP contribution in [0.5, 0.6) is 11.5 Å². The van der Waals surface area contributed by atoms with Gasteiger partial charge in [0.15, 0.2) is 11.6 Å². The molecule has 7 nitrogen and oxygen atoms in total. The van der Waals surface area contributed by atoms with E-state index in [1.54, 1.807) is 24.5 Å². The highest BCUT2D eigenvalue weighted by Crippen LogP contribution is 2.39. The van der Waals surface area contributed by atoms with Crippen molar-refractivity contribution in [3.05, 3.63) is 54.2 Å². The molecule has 3 aromatic heterocycles. The smallest absolute Gasteiger partial charge is 0.272 e. The molecule has 0 aliphatic carbocycles. The molecule has 0 spiro atoms. The van der Waals surface area contributed by atoms with Gasteiger partial charge in [0.2, 0.25) is 0 Å². The van der Waals surface area contributed by atoms with E-state index in [4.69, 9.17) is 10.5 Å². The first-order valence-corrected chi connectivity index (χ1v) is 10.8. The molecule has 0 bridgehead atoms. The van der Waals surface area contributed by atoms with Crippen LogP contribution in [-0.2, 0) is 7.05 Å². The number of hydrogen-bond donors (Lipinski definition) is 1. The van der Waals surface area contributed by atoms with Crippen molar-refractivity contribution in [2.75, 3.05) is 18.8 Å². The normalized spacial score (nSPS) is 13.8. The second-order valence-electron chi connectivity index (χ2n) is 7.45. The van der Waals surface area contributed by atoms with Gasteiger partial charge >= 0.3 is 0 Å². The number of fused-ring (bicyclic) bond motifs is 1. The topological polar surface area (TPSA) is 86.3 Å². The van der Waals surface area contributed by atoms with Crippen molar-refractivity contribution in [3.8, 4) is 22.2 Å². The van der Waals surface area contributed by atoms with E-state index >= 15 is 0 Å². The van der Waals surface area contributed by atoms with Crippen molar-refractivity contribution in [3.63, 3.8) is 0 Å². The van der Waals surface area contributed by atoms with Gasteiger partial charge in [-0.3, -0.25) is 9.78 Å². The van der Waals surface area contributed by atoms with Gasteiger partial charge in [0, 0.05) is 44.2 Å². The number of benzene rings is 1. The number of halogens is 1. The van der Waals surface area contributed by atoms with Gasteiger partial charge in [-0.25, -0.2) is 9.37 Å². The van der Waals surface area contributed by atoms with Crippen LogP contribution in [0.15, 0.2) is 42.7 Å². The largest absolute Gasteiger partial charge is 0.453 e. The molecule has 2 N–H and O–H groups in total. The molecule has 4 heterocycles. The maximum absolute atomic E-state index is 14.2. The Kier molecular flexibility index (Phi) is 4.82. The molecule has 0 unspecified atom stereocenters. The number of rotatable bonds is 4. The summed E-state index contributed by atoms with van der Waals surface area (Å²) >= 11 is 1.43. The Bertz CT molecular complexity index is 1290. The number of carbonyl (C=O) groups excluding carboxylic acids is 1. The van der Waals surface area contributed by atoms with Gasteiger partial charge in [-0.15, -0.1) is 11.3 Å². The molecule has 0 atom stereocenters. The van der Waals surface area contributed by atoms with E-state index in [0.29, 0.717) is 28.5 Å². The zero-order valence-electron chi connectivity index (χ0n) is 16.8. The van der Waals surface area contributed by atoms with Crippen LogP contribution in [0.2, 0.25) is 0 Å². The number of nitrogens with two attached hydrogens (primary N) is 1. The zero-order chi connectivity index (χ0) is 21.5. The first-order chi connectivity index (χ1) is 15.0. The molecule has 1 fully saturated rings. The van der Waals surface area contributed by atoms with E-state index in [1.165, 1.54) is 23.5 Å². The number of thiophene rings is 1. The summed E-state index contributed by atoms with van der Waals surface area (Å²) in [6.45, 7) is 1.57. The summed E-state index contributed by atoms with van der Waals surface area (Å²) in [6.07, 6.45) is 5.31. The third-order valence-corrected chi connectivity index (χ3v) is 6.51. The van der Waals surface area contributed by atoms with Crippen molar-refractivity contribution in [1.29, 1.82) is 0 Å². The second kappa shape index (κ2) is 7.66. The molecule has 1 aromatic carbocycles. The summed E-state index contributed by atoms with van der Waals surface area (Å²) in [6, 6.07) is 7.90. The first-order valence-electron chi connectivity index (χ1n) is 9.94. The summed E-state index contributed by atoms with van der Waals surface area (Å²) in [4.78, 5) is 24.4. The summed E-state index contributed by atoms with van der Waals surface area (Å²) in [5, 5.41) is 0. The predicted molar refractivity (Wildman–Crippen MR) is 118 cm³/mol. The molecular weight excluding hydrogens is 417 g/mol. The van der Waals surface area contributed by atoms with Crippen molar-refractivity contribution in [2.45, 2.75) is 12.8 Å². The molecule has 9 heteroatoms. The third-order valence-electron chi connectivity index (χ3n) is 5.37. The number of nitrogens with zero attached hydrogens (tertiary/aromatic N) is 4. The number of anilines is 1. The Hall–Kier alpha value is -3.46. The quantitative estimate of drug-likeness (QED) is 0.477. The van der Waals surface area contributed by atoms with Crippen molar-refractivity contribution < 1.29 is 13.9 Å². The lowest BCUT2D eigenvalue weighted by atomic mass is 10.3. The lowest BCUT2D eigenvalue weighted by molar-refractivity contribution is 0.0783. The lowest BCUT2D eigenvalue weighted by Gasteiger charge is -2.15. The van der Waals surface area contributed by atoms with E-state index < -0.39 is 5.82 Å². The summed E-state index contributed by atoms with van der Waals surface area (Å²) in [5.41, 5.74) is 7.22. The van der Waals surface area contributed by atoms with Crippen LogP contribution >= 0.6 is 11.3 Å². The fourth-order valence-corrected chi connectivity index (χ4v) is 4.84. The number of nitrogen functional groups attached to an aromatic ring is 1. The van der Waals surface area contributed by atoms with Crippen molar-refractivity contribution in [1.82, 2.24) is 19.4 Å². The average molecular weight is 438 g/mol. The number of amides is 1. The van der Waals surface area contributed by atoms with Crippen LogP contribution in [0.1, 0.15) is 23.3 Å². The minimum atomic E-state index is -0.532. The van der Waals surface area contributed by atoms with Crippen molar-refractivity contribution in [2.24, 2.45) is 7.05 Å². The molecule has 0 saturated carbocycles. The van der Waals surface area contributed by atoms with E-state index in [2.05, 4.69) is 9.97 Å². The molecular formula is C22H20FN5O2S. The minimum absolute atomic E-state index is 0.000773. The zero-order valence-corrected chi connectivity index (χ0v) is 17.7. The maximum atomic E-state index is 14.2. The molecule has 5 rings (SSSR count). The molecule has 4 aromatic rings. The first kappa shape index (κ1) is 19.5. The summed E-state index contributed by atoms with van der Waals surface area (Å²) in [7, 11) is 1.84. The Labute approximate surface area is 181 Å². The third kappa shape index (κ3) is 3.50. The Balaban J connectivity index is 1.50. The highest BCUT2D eigenvalue weighted by molar-refractivity contribution is 7.22. The number of carbonyl (C=O) groups is 1. The number of imidazole rings is 1. The van der Waals surface area contributed by atoms with Gasteiger partial charge in [0.05, 0.1) is 21.3 Å². The SMILES string of the molecule is Cn1c(C(=O)N2CCCC2)cnc1-c1cc2nccc(Oc3ccc(N)cc3F)c2s1. The maximum Gasteiger partial charge on any atom is 0.272 e. The standard InChI is InChI=1S/C22H20FN5O2S/c1-27-16(22(29)28-8-2-3-9-28)12-26-21(27)19-11-15-20(31-19)18(6-7-25-15)30-17-5-4-13(24)10-14(17)23/h4-7,10-12H,2-3,8-9,24H2,1H3. The number of pyridine rings is 1. The van der Waals surface area contributed by atoms with E-state index in [9.17, 15) is 9.18 Å². The van der Waals surface area contributed by atoms with E-state index in [1.807, 2.05) is 22.6 Å². The van der Waals surface area contributed by atoms with Crippen LogP contribution in [0.4, 0.5) is 10.1 Å². The van der Waals surface area contributed by atoms with Crippen LogP contribution in [0, 0.1) is 5.82 Å². The molecule has 1 saturated heterocycles. The fourth-order valence-electron chi connectivity index (χ4n) is 3.74. The molecule has 1 aliphatic heterocycles. The van der Waals surface area contributed by atoms with E-state index in [-0.39, 0.29) is 11.7 Å². The molecule has 1 amide bonds. The van der Waals surface area contributed by atoms with Gasteiger partial charge in [-0.2, -0.15) is 0 Å². The van der Waals surface area contributed by atoms with Gasteiger partial charge in [0.1, 0.15) is 17.3 Å². The number of hydrogen-bond acceptors (Lipinski definition) is 6. The van der Waals surface area contributed by atoms with Crippen LogP contribution < -0.4 is 10.5 Å². The number of ether oxygens (including phenoxy) is 1. The highest BCUT2D eigenvalue weighted by atomic mass is 32.1. The second-order valence-corrected chi connectivity index (χ2v) is 8.50. The Morgan fingerprint density at radius 3 is 2.74 bits per heavy atom. The number of likely N-dealkylation sites (tertiary alicyclic amines) is 1. The number of aromatic nitrogens is 3. The van der Waals surface area contributed by atoms with Gasteiger partial charge < -0.3 is 19.9 Å². The fraction of sp³-hybridized carbons (Fsp3) is 0.227. The summed E-state index contributed by atoms with van der Waals surface area (Å²) < 4.78 is 22.6. The van der Waals surface area contributed by atoms with Crippen LogP contribution in [-0.4, -0.2) is 38.4 Å². The Morgan fingerprint density at radius 1 is 1.16 bits per heavy atom. The molecule has 158 valence electrons. The minimum Gasteiger partial charge on any atom is -0.453 e. The lowest BCUT2D eigenvalue weighted by Crippen LogP contribution is -2.29. The van der Waals surface area contributed by atoms with Crippen molar-refractivity contribution >= 4 is 33.1 Å². The van der Waals surface area contributed by atoms with E-state index in [0.717, 1.165) is 35.5 Å². The van der Waals surface area contributed by atoms with Crippen LogP contribution in [0.25, 0.3) is 20.9 Å². The van der Waals surface area contributed by atoms with Gasteiger partial charge in [0.25, 0.3) is 5.91 Å². The molecule has 0 radical (unpaired) electrons. The predicted octanol–water partition coefficient (Wildman–Crippen LogP) is 4.45. The average Bonchev–Trinajstić information content (AvgIpc) is 3.49. The summed E-state index contributed by atoms with van der Waals surface area (Å²) in [5.74, 6) is 0.728. The van der Waals surface area contributed by atoms with Crippen LogP contribution in [0.3, 0.4) is 0 Å². The molecule has 31 heavy (non-hydrogen) atoms. The van der Waals surface area contributed by atoms with Gasteiger partial charge in [-0.05, 0) is 31.0 Å². The highest BCUT2D eigenvalue weighted by Gasteiger charge is 2.24. The van der Waals surface area contributed by atoms with Gasteiger partial charge in [-0.1, -0.05) is 0 Å². The molecule has 1 aliphatic rings. The Morgan fingerprint density at radius 2 is 1.97 bits per heavy atom.